The number of methoxy groups -OCH3 is 1. The highest BCUT2D eigenvalue weighted by Crippen LogP contribution is 2.20. The first-order chi connectivity index (χ1) is 11.2. The van der Waals surface area contributed by atoms with Crippen LogP contribution in [0.3, 0.4) is 0 Å². The Morgan fingerprint density at radius 3 is 2.43 bits per heavy atom. The van der Waals surface area contributed by atoms with Gasteiger partial charge in [-0.3, -0.25) is 5.41 Å². The second-order valence-corrected chi connectivity index (χ2v) is 5.16. The molecule has 2 aromatic carbocycles. The minimum atomic E-state index is -0.00823. The summed E-state index contributed by atoms with van der Waals surface area (Å²) in [4.78, 5) is 4.54. The second-order valence-electron chi connectivity index (χ2n) is 5.16. The topological polar surface area (TPSA) is 71.1 Å². The molecule has 0 radical (unpaired) electrons. The first kappa shape index (κ1) is 14.8. The quantitative estimate of drug-likeness (QED) is 0.728. The van der Waals surface area contributed by atoms with Gasteiger partial charge in [-0.2, -0.15) is 4.73 Å². The smallest absolute Gasteiger partial charge is 0.182 e. The maximum atomic E-state index is 9.99. The lowest BCUT2D eigenvalue weighted by molar-refractivity contribution is 0.168. The summed E-state index contributed by atoms with van der Waals surface area (Å²) in [6, 6.07) is 17.2. The van der Waals surface area contributed by atoms with Crippen molar-refractivity contribution in [3.05, 3.63) is 77.5 Å². The zero-order valence-corrected chi connectivity index (χ0v) is 12.7. The fraction of sp³-hybridized carbons (Fsp3) is 0.111. The molecule has 0 fully saturated rings. The van der Waals surface area contributed by atoms with E-state index in [-0.39, 0.29) is 5.49 Å². The van der Waals surface area contributed by atoms with Gasteiger partial charge in [0.2, 0.25) is 0 Å². The van der Waals surface area contributed by atoms with E-state index in [1.807, 2.05) is 54.6 Å². The first-order valence-corrected chi connectivity index (χ1v) is 7.22. The van der Waals surface area contributed by atoms with Gasteiger partial charge in [0.05, 0.1) is 24.7 Å². The van der Waals surface area contributed by atoms with Crippen LogP contribution in [0.5, 0.6) is 5.75 Å². The monoisotopic (exact) mass is 307 g/mol. The van der Waals surface area contributed by atoms with Gasteiger partial charge in [0, 0.05) is 12.0 Å². The summed E-state index contributed by atoms with van der Waals surface area (Å²) >= 11 is 0. The summed E-state index contributed by atoms with van der Waals surface area (Å²) in [5, 5.41) is 18.0. The van der Waals surface area contributed by atoms with Crippen LogP contribution in [0.1, 0.15) is 11.3 Å². The van der Waals surface area contributed by atoms with E-state index in [0.29, 0.717) is 17.8 Å². The van der Waals surface area contributed by atoms with Crippen molar-refractivity contribution in [2.75, 3.05) is 7.11 Å². The van der Waals surface area contributed by atoms with Crippen LogP contribution in [0.2, 0.25) is 0 Å². The van der Waals surface area contributed by atoms with Crippen molar-refractivity contribution in [2.45, 2.75) is 6.42 Å². The lowest BCUT2D eigenvalue weighted by atomic mass is 10.1. The predicted molar refractivity (Wildman–Crippen MR) is 86.5 cm³/mol. The van der Waals surface area contributed by atoms with E-state index >= 15 is 0 Å². The SMILES string of the molecule is COc1ccc(-c2cn(O)c(=N)c(Cc3ccccc3)n2)cc1. The van der Waals surface area contributed by atoms with Gasteiger partial charge in [0.25, 0.3) is 0 Å². The van der Waals surface area contributed by atoms with E-state index in [9.17, 15) is 5.21 Å². The van der Waals surface area contributed by atoms with Crippen molar-refractivity contribution in [1.82, 2.24) is 9.71 Å². The van der Waals surface area contributed by atoms with Gasteiger partial charge in [-0.1, -0.05) is 30.3 Å². The minimum Gasteiger partial charge on any atom is -0.497 e. The van der Waals surface area contributed by atoms with Gasteiger partial charge < -0.3 is 9.94 Å². The molecule has 1 heterocycles. The van der Waals surface area contributed by atoms with Crippen LogP contribution >= 0.6 is 0 Å². The number of hydrogen-bond acceptors (Lipinski definition) is 4. The Kier molecular flexibility index (Phi) is 4.10. The summed E-state index contributed by atoms with van der Waals surface area (Å²) < 4.78 is 5.96. The average Bonchev–Trinajstić information content (AvgIpc) is 2.60. The van der Waals surface area contributed by atoms with Gasteiger partial charge in [-0.15, -0.1) is 0 Å². The van der Waals surface area contributed by atoms with E-state index in [4.69, 9.17) is 10.1 Å². The number of rotatable bonds is 4. The zero-order valence-electron chi connectivity index (χ0n) is 12.7. The van der Waals surface area contributed by atoms with Crippen LogP contribution in [0.25, 0.3) is 11.3 Å². The molecule has 0 unspecified atom stereocenters. The number of benzene rings is 2. The molecule has 0 aliphatic rings. The molecule has 5 heteroatoms. The highest BCUT2D eigenvalue weighted by Gasteiger charge is 2.08. The number of nitrogens with one attached hydrogen (secondary N) is 1. The molecule has 116 valence electrons. The van der Waals surface area contributed by atoms with E-state index in [0.717, 1.165) is 21.6 Å². The molecule has 0 aliphatic heterocycles. The molecule has 0 atom stereocenters. The molecule has 0 saturated heterocycles. The van der Waals surface area contributed by atoms with E-state index < -0.39 is 0 Å². The maximum absolute atomic E-state index is 9.99. The van der Waals surface area contributed by atoms with Crippen molar-refractivity contribution in [3.8, 4) is 17.0 Å². The van der Waals surface area contributed by atoms with Crippen molar-refractivity contribution < 1.29 is 9.94 Å². The Morgan fingerprint density at radius 1 is 1.09 bits per heavy atom. The van der Waals surface area contributed by atoms with E-state index in [1.165, 1.54) is 6.20 Å². The van der Waals surface area contributed by atoms with Crippen molar-refractivity contribution in [1.29, 1.82) is 5.41 Å². The molecule has 23 heavy (non-hydrogen) atoms. The molecule has 0 amide bonds. The maximum Gasteiger partial charge on any atom is 0.182 e. The molecule has 0 aliphatic carbocycles. The van der Waals surface area contributed by atoms with Crippen molar-refractivity contribution in [3.63, 3.8) is 0 Å². The van der Waals surface area contributed by atoms with Crippen LogP contribution in [-0.4, -0.2) is 22.0 Å². The number of aromatic nitrogens is 2. The lowest BCUT2D eigenvalue weighted by Gasteiger charge is -2.09. The molecular weight excluding hydrogens is 290 g/mol. The first-order valence-electron chi connectivity index (χ1n) is 7.22. The summed E-state index contributed by atoms with van der Waals surface area (Å²) in [6.07, 6.45) is 1.93. The highest BCUT2D eigenvalue weighted by molar-refractivity contribution is 5.59. The zero-order chi connectivity index (χ0) is 16.2. The van der Waals surface area contributed by atoms with Gasteiger partial charge in [0.1, 0.15) is 5.75 Å². The lowest BCUT2D eigenvalue weighted by Crippen LogP contribution is -2.24. The fourth-order valence-corrected chi connectivity index (χ4v) is 2.35. The molecule has 0 spiro atoms. The summed E-state index contributed by atoms with van der Waals surface area (Å²) in [6.45, 7) is 0. The molecule has 3 rings (SSSR count). The summed E-state index contributed by atoms with van der Waals surface area (Å²) in [7, 11) is 1.61. The number of ether oxygens (including phenoxy) is 1. The third kappa shape index (κ3) is 3.23. The van der Waals surface area contributed by atoms with Crippen LogP contribution in [0.15, 0.2) is 60.8 Å². The Bertz CT molecular complexity index is 856. The molecule has 3 aromatic rings. The molecule has 0 saturated carbocycles. The molecule has 1 aromatic heterocycles. The van der Waals surface area contributed by atoms with Gasteiger partial charge in [-0.05, 0) is 29.8 Å². The predicted octanol–water partition coefficient (Wildman–Crippen LogP) is 2.87. The average molecular weight is 307 g/mol. The molecule has 2 N–H and O–H groups in total. The van der Waals surface area contributed by atoms with Crippen LogP contribution in [0, 0.1) is 5.41 Å². The Hall–Kier alpha value is -3.08. The third-order valence-corrected chi connectivity index (χ3v) is 3.60. The molecule has 0 bridgehead atoms. The Morgan fingerprint density at radius 2 is 1.78 bits per heavy atom. The number of hydrogen-bond donors (Lipinski definition) is 2. The third-order valence-electron chi connectivity index (χ3n) is 3.60. The van der Waals surface area contributed by atoms with Crippen molar-refractivity contribution in [2.24, 2.45) is 0 Å². The van der Waals surface area contributed by atoms with Crippen LogP contribution < -0.4 is 10.2 Å². The number of nitrogens with zero attached hydrogens (tertiary/aromatic N) is 2. The molecule has 5 nitrogen and oxygen atoms in total. The normalized spacial score (nSPS) is 10.5. The van der Waals surface area contributed by atoms with E-state index in [2.05, 4.69) is 4.98 Å². The van der Waals surface area contributed by atoms with Gasteiger partial charge >= 0.3 is 0 Å². The van der Waals surface area contributed by atoms with Crippen LogP contribution in [0.4, 0.5) is 0 Å². The Labute approximate surface area is 133 Å². The van der Waals surface area contributed by atoms with Crippen LogP contribution in [-0.2, 0) is 6.42 Å². The Balaban J connectivity index is 2.00. The fourth-order valence-electron chi connectivity index (χ4n) is 2.35. The standard InChI is InChI=1S/C18H17N3O2/c1-23-15-9-7-14(8-10-15)17-12-21(22)18(19)16(20-17)11-13-5-3-2-4-6-13/h2-10,12,19,22H,11H2,1H3. The summed E-state index contributed by atoms with van der Waals surface area (Å²) in [5.74, 6) is 0.757. The van der Waals surface area contributed by atoms with Crippen molar-refractivity contribution >= 4 is 0 Å². The van der Waals surface area contributed by atoms with E-state index in [1.54, 1.807) is 7.11 Å². The second kappa shape index (κ2) is 6.36. The largest absolute Gasteiger partial charge is 0.497 e. The molecular formula is C18H17N3O2. The van der Waals surface area contributed by atoms with Gasteiger partial charge in [0.15, 0.2) is 5.49 Å². The summed E-state index contributed by atoms with van der Waals surface area (Å²) in [5.41, 5.74) is 3.01. The highest BCUT2D eigenvalue weighted by atomic mass is 16.5. The minimum absolute atomic E-state index is 0.00823. The van der Waals surface area contributed by atoms with Gasteiger partial charge in [-0.25, -0.2) is 4.98 Å².